The molecule has 13 heavy (non-hydrogen) atoms. The maximum absolute atomic E-state index is 9.06. The minimum atomic E-state index is -0.0758. The topological polar surface area (TPSA) is 50.7 Å². The predicted molar refractivity (Wildman–Crippen MR) is 47.3 cm³/mol. The largest absolute Gasteiger partial charge is 0.393 e. The van der Waals surface area contributed by atoms with Crippen LogP contribution in [0.1, 0.15) is 19.3 Å². The molecule has 0 aromatic rings. The van der Waals surface area contributed by atoms with Gasteiger partial charge in [-0.1, -0.05) is 0 Å². The van der Waals surface area contributed by atoms with Gasteiger partial charge in [0, 0.05) is 12.6 Å². The van der Waals surface area contributed by atoms with Crippen LogP contribution in [0.3, 0.4) is 0 Å². The summed E-state index contributed by atoms with van der Waals surface area (Å²) < 4.78 is 10.5. The summed E-state index contributed by atoms with van der Waals surface area (Å²) in [6, 6.07) is 0.501. The minimum absolute atomic E-state index is 0.0758. The van der Waals surface area contributed by atoms with Gasteiger partial charge in [-0.25, -0.2) is 0 Å². The first kappa shape index (κ1) is 9.40. The van der Waals surface area contributed by atoms with Gasteiger partial charge < -0.3 is 19.9 Å². The quantitative estimate of drug-likeness (QED) is 0.646. The molecule has 4 heteroatoms. The van der Waals surface area contributed by atoms with E-state index in [0.717, 1.165) is 32.4 Å². The van der Waals surface area contributed by atoms with Crippen molar-refractivity contribution in [3.05, 3.63) is 0 Å². The van der Waals surface area contributed by atoms with Gasteiger partial charge in [-0.3, -0.25) is 0 Å². The molecule has 0 aromatic carbocycles. The second-order valence-corrected chi connectivity index (χ2v) is 3.83. The van der Waals surface area contributed by atoms with E-state index in [1.54, 1.807) is 0 Å². The van der Waals surface area contributed by atoms with Crippen LogP contribution in [0.15, 0.2) is 0 Å². The van der Waals surface area contributed by atoms with Crippen LogP contribution in [-0.4, -0.2) is 43.3 Å². The van der Waals surface area contributed by atoms with Crippen LogP contribution in [0.5, 0.6) is 0 Å². The zero-order valence-corrected chi connectivity index (χ0v) is 7.74. The maximum atomic E-state index is 9.06. The Morgan fingerprint density at radius 1 is 1.38 bits per heavy atom. The van der Waals surface area contributed by atoms with Gasteiger partial charge in [0.05, 0.1) is 18.8 Å². The lowest BCUT2D eigenvalue weighted by Gasteiger charge is -2.34. The average molecular weight is 187 g/mol. The van der Waals surface area contributed by atoms with E-state index in [4.69, 9.17) is 14.6 Å². The van der Waals surface area contributed by atoms with Gasteiger partial charge in [0.2, 0.25) is 0 Å². The third-order valence-corrected chi connectivity index (χ3v) is 2.72. The van der Waals surface area contributed by atoms with Gasteiger partial charge in [0.1, 0.15) is 6.79 Å². The smallest absolute Gasteiger partial charge is 0.147 e. The number of hydrogen-bond donors (Lipinski definition) is 2. The zero-order chi connectivity index (χ0) is 9.10. The van der Waals surface area contributed by atoms with Crippen molar-refractivity contribution in [2.45, 2.75) is 37.5 Å². The number of rotatable bonds is 3. The molecule has 0 bridgehead atoms. The second kappa shape index (κ2) is 4.37. The highest BCUT2D eigenvalue weighted by Crippen LogP contribution is 2.19. The van der Waals surface area contributed by atoms with Crippen molar-refractivity contribution in [1.29, 1.82) is 0 Å². The summed E-state index contributed by atoms with van der Waals surface area (Å²) in [5.41, 5.74) is 0. The van der Waals surface area contributed by atoms with Crippen molar-refractivity contribution in [3.8, 4) is 0 Å². The molecule has 1 saturated heterocycles. The third-order valence-electron chi connectivity index (χ3n) is 2.72. The first-order chi connectivity index (χ1) is 6.34. The Bertz CT molecular complexity index is 153. The number of hydrogen-bond acceptors (Lipinski definition) is 4. The summed E-state index contributed by atoms with van der Waals surface area (Å²) in [4.78, 5) is 0. The van der Waals surface area contributed by atoms with Crippen LogP contribution in [0.25, 0.3) is 0 Å². The number of nitrogens with one attached hydrogen (secondary N) is 1. The molecule has 1 saturated carbocycles. The van der Waals surface area contributed by atoms with Crippen LogP contribution in [0.2, 0.25) is 0 Å². The Hall–Kier alpha value is -0.160. The lowest BCUT2D eigenvalue weighted by molar-refractivity contribution is -0.138. The molecule has 2 fully saturated rings. The van der Waals surface area contributed by atoms with Crippen LogP contribution in [0, 0.1) is 0 Å². The van der Waals surface area contributed by atoms with E-state index in [9.17, 15) is 0 Å². The normalized spacial score (nSPS) is 39.9. The van der Waals surface area contributed by atoms with Gasteiger partial charge in [-0.05, 0) is 19.3 Å². The Balaban J connectivity index is 1.56. The molecule has 2 rings (SSSR count). The number of ether oxygens (including phenoxy) is 2. The van der Waals surface area contributed by atoms with Gasteiger partial charge in [-0.2, -0.15) is 0 Å². The van der Waals surface area contributed by atoms with Crippen molar-refractivity contribution in [2.75, 3.05) is 19.9 Å². The molecule has 1 aliphatic heterocycles. The lowest BCUT2D eigenvalue weighted by atomic mass is 9.89. The third kappa shape index (κ3) is 2.64. The summed E-state index contributed by atoms with van der Waals surface area (Å²) in [5, 5.41) is 12.4. The molecular weight excluding hydrogens is 170 g/mol. The fourth-order valence-corrected chi connectivity index (χ4v) is 1.71. The fraction of sp³-hybridized carbons (Fsp3) is 1.00. The van der Waals surface area contributed by atoms with E-state index in [0.29, 0.717) is 18.9 Å². The molecule has 0 amide bonds. The molecule has 0 aromatic heterocycles. The molecule has 0 spiro atoms. The van der Waals surface area contributed by atoms with Gasteiger partial charge in [0.25, 0.3) is 0 Å². The highest BCUT2D eigenvalue weighted by Gasteiger charge is 2.27. The van der Waals surface area contributed by atoms with Crippen molar-refractivity contribution >= 4 is 0 Å². The lowest BCUT2D eigenvalue weighted by Crippen LogP contribution is -2.47. The minimum Gasteiger partial charge on any atom is -0.393 e. The highest BCUT2D eigenvalue weighted by atomic mass is 16.7. The van der Waals surface area contributed by atoms with E-state index in [1.165, 1.54) is 0 Å². The molecule has 0 radical (unpaired) electrons. The summed E-state index contributed by atoms with van der Waals surface area (Å²) in [6.45, 7) is 2.13. The van der Waals surface area contributed by atoms with Crippen molar-refractivity contribution in [2.24, 2.45) is 0 Å². The van der Waals surface area contributed by atoms with Crippen molar-refractivity contribution in [1.82, 2.24) is 5.32 Å². The standard InChI is InChI=1S/C9H17NO3/c11-8-3-7(4-8)10-5-9-1-2-12-6-13-9/h7-11H,1-6H2. The second-order valence-electron chi connectivity index (χ2n) is 3.83. The summed E-state index contributed by atoms with van der Waals surface area (Å²) >= 11 is 0. The number of aliphatic hydroxyl groups excluding tert-OH is 1. The Morgan fingerprint density at radius 2 is 2.23 bits per heavy atom. The Kier molecular flexibility index (Phi) is 3.16. The van der Waals surface area contributed by atoms with Crippen molar-refractivity contribution < 1.29 is 14.6 Å². The van der Waals surface area contributed by atoms with Crippen LogP contribution in [0.4, 0.5) is 0 Å². The number of aliphatic hydroxyl groups is 1. The maximum Gasteiger partial charge on any atom is 0.147 e. The predicted octanol–water partition coefficient (Wildman–Crippen LogP) is -0.138. The average Bonchev–Trinajstić information content (AvgIpc) is 2.12. The first-order valence-corrected chi connectivity index (χ1v) is 4.95. The summed E-state index contributed by atoms with van der Waals surface area (Å²) in [5.74, 6) is 0. The summed E-state index contributed by atoms with van der Waals surface area (Å²) in [6.07, 6.45) is 2.98. The van der Waals surface area contributed by atoms with Crippen LogP contribution >= 0.6 is 0 Å². The molecule has 1 unspecified atom stereocenters. The SMILES string of the molecule is OC1CC(NCC2CCOCO2)C1. The Morgan fingerprint density at radius 3 is 2.85 bits per heavy atom. The molecule has 1 aliphatic carbocycles. The molecule has 1 atom stereocenters. The zero-order valence-electron chi connectivity index (χ0n) is 7.74. The van der Waals surface area contributed by atoms with Crippen LogP contribution < -0.4 is 5.32 Å². The molecule has 2 N–H and O–H groups in total. The molecule has 1 heterocycles. The van der Waals surface area contributed by atoms with E-state index in [-0.39, 0.29) is 6.10 Å². The molecule has 2 aliphatic rings. The van der Waals surface area contributed by atoms with Crippen LogP contribution in [-0.2, 0) is 9.47 Å². The van der Waals surface area contributed by atoms with E-state index < -0.39 is 0 Å². The first-order valence-electron chi connectivity index (χ1n) is 4.95. The van der Waals surface area contributed by atoms with Gasteiger partial charge in [0.15, 0.2) is 0 Å². The highest BCUT2D eigenvalue weighted by molar-refractivity contribution is 4.85. The summed E-state index contributed by atoms with van der Waals surface area (Å²) in [7, 11) is 0. The van der Waals surface area contributed by atoms with Gasteiger partial charge >= 0.3 is 0 Å². The van der Waals surface area contributed by atoms with Crippen molar-refractivity contribution in [3.63, 3.8) is 0 Å². The fourth-order valence-electron chi connectivity index (χ4n) is 1.71. The molecule has 4 nitrogen and oxygen atoms in total. The Labute approximate surface area is 78.2 Å². The van der Waals surface area contributed by atoms with Gasteiger partial charge in [-0.15, -0.1) is 0 Å². The monoisotopic (exact) mass is 187 g/mol. The van der Waals surface area contributed by atoms with E-state index in [1.807, 2.05) is 0 Å². The molecular formula is C9H17NO3. The molecule has 76 valence electrons. The van der Waals surface area contributed by atoms with E-state index in [2.05, 4.69) is 5.32 Å². The van der Waals surface area contributed by atoms with E-state index >= 15 is 0 Å².